The Bertz CT molecular complexity index is 1310. The molecular formula is C27H28O8. The lowest BCUT2D eigenvalue weighted by Gasteiger charge is -2.13. The Hall–Kier alpha value is -3.94. The summed E-state index contributed by atoms with van der Waals surface area (Å²) in [5, 5.41) is 0.0381. The first-order valence-corrected chi connectivity index (χ1v) is 11.3. The van der Waals surface area contributed by atoms with Crippen LogP contribution < -0.4 is 19.6 Å². The van der Waals surface area contributed by atoms with Crippen LogP contribution >= 0.6 is 0 Å². The van der Waals surface area contributed by atoms with Gasteiger partial charge in [-0.25, -0.2) is 0 Å². The third-order valence-electron chi connectivity index (χ3n) is 5.04. The van der Waals surface area contributed by atoms with Gasteiger partial charge in [-0.15, -0.1) is 0 Å². The Morgan fingerprint density at radius 2 is 1.23 bits per heavy atom. The van der Waals surface area contributed by atoms with Crippen LogP contribution in [0.2, 0.25) is 0 Å². The van der Waals surface area contributed by atoms with Crippen LogP contribution in [0.3, 0.4) is 0 Å². The lowest BCUT2D eigenvalue weighted by atomic mass is 10.0. The van der Waals surface area contributed by atoms with Crippen LogP contribution in [0.25, 0.3) is 22.1 Å². The molecule has 8 nitrogen and oxygen atoms in total. The molecule has 0 aliphatic carbocycles. The van der Waals surface area contributed by atoms with Crippen LogP contribution in [0.1, 0.15) is 41.5 Å². The van der Waals surface area contributed by atoms with E-state index < -0.39 is 23.3 Å². The standard InChI is InChI=1S/C27H28O8/c1-14(2)25(29)33-18-9-7-17(8-10-18)20-13-32-21-11-19(34-26(30)15(3)4)12-22(23(21)24(20)28)35-27(31)16(5)6/h7-16H,1-6H3. The maximum Gasteiger partial charge on any atom is 0.313 e. The number of ether oxygens (including phenoxy) is 3. The van der Waals surface area contributed by atoms with Crippen molar-refractivity contribution < 1.29 is 33.0 Å². The van der Waals surface area contributed by atoms with Crippen molar-refractivity contribution in [3.63, 3.8) is 0 Å². The SMILES string of the molecule is CC(C)C(=O)Oc1ccc(-c2coc3cc(OC(=O)C(C)C)cc(OC(=O)C(C)C)c3c2=O)cc1. The summed E-state index contributed by atoms with van der Waals surface area (Å²) in [4.78, 5) is 49.7. The number of rotatable bonds is 7. The Kier molecular flexibility index (Phi) is 7.74. The van der Waals surface area contributed by atoms with Crippen molar-refractivity contribution in [3.05, 3.63) is 52.9 Å². The molecule has 1 aromatic heterocycles. The number of hydrogen-bond acceptors (Lipinski definition) is 8. The minimum atomic E-state index is -0.556. The molecule has 0 amide bonds. The molecule has 0 bridgehead atoms. The smallest absolute Gasteiger partial charge is 0.313 e. The van der Waals surface area contributed by atoms with E-state index in [0.717, 1.165) is 0 Å². The Morgan fingerprint density at radius 1 is 0.714 bits per heavy atom. The highest BCUT2D eigenvalue weighted by Gasteiger charge is 2.21. The first-order chi connectivity index (χ1) is 16.5. The lowest BCUT2D eigenvalue weighted by molar-refractivity contribution is -0.138. The largest absolute Gasteiger partial charge is 0.463 e. The number of esters is 3. The predicted octanol–water partition coefficient (Wildman–Crippen LogP) is 5.14. The van der Waals surface area contributed by atoms with E-state index in [9.17, 15) is 19.2 Å². The van der Waals surface area contributed by atoms with E-state index in [4.69, 9.17) is 18.6 Å². The number of fused-ring (bicyclic) bond motifs is 1. The van der Waals surface area contributed by atoms with Gasteiger partial charge >= 0.3 is 17.9 Å². The van der Waals surface area contributed by atoms with Gasteiger partial charge in [-0.3, -0.25) is 19.2 Å². The van der Waals surface area contributed by atoms with Gasteiger partial charge in [-0.2, -0.15) is 0 Å². The van der Waals surface area contributed by atoms with Crippen LogP contribution in [-0.4, -0.2) is 17.9 Å². The summed E-state index contributed by atoms with van der Waals surface area (Å²) < 4.78 is 21.8. The molecule has 0 fully saturated rings. The molecule has 184 valence electrons. The predicted molar refractivity (Wildman–Crippen MR) is 129 cm³/mol. The lowest BCUT2D eigenvalue weighted by Crippen LogP contribution is -2.18. The molecule has 8 heteroatoms. The molecule has 3 aromatic rings. The Labute approximate surface area is 202 Å². The van der Waals surface area contributed by atoms with Crippen LogP contribution in [0, 0.1) is 17.8 Å². The van der Waals surface area contributed by atoms with E-state index >= 15 is 0 Å². The Balaban J connectivity index is 2.08. The summed E-state index contributed by atoms with van der Waals surface area (Å²) in [6, 6.07) is 9.14. The van der Waals surface area contributed by atoms with E-state index in [1.54, 1.807) is 65.8 Å². The summed E-state index contributed by atoms with van der Waals surface area (Å²) in [6.07, 6.45) is 1.28. The second-order valence-corrected chi connectivity index (χ2v) is 9.02. The van der Waals surface area contributed by atoms with Crippen LogP contribution in [0.4, 0.5) is 0 Å². The topological polar surface area (TPSA) is 109 Å². The van der Waals surface area contributed by atoms with Gasteiger partial charge in [0.05, 0.1) is 23.3 Å². The molecule has 0 unspecified atom stereocenters. The van der Waals surface area contributed by atoms with Crippen molar-refractivity contribution in [2.24, 2.45) is 17.8 Å². The fourth-order valence-electron chi connectivity index (χ4n) is 2.93. The molecule has 0 radical (unpaired) electrons. The molecule has 0 saturated carbocycles. The second kappa shape index (κ2) is 10.5. The molecule has 35 heavy (non-hydrogen) atoms. The Morgan fingerprint density at radius 3 is 1.77 bits per heavy atom. The summed E-state index contributed by atoms with van der Waals surface area (Å²) in [5.74, 6) is -2.15. The highest BCUT2D eigenvalue weighted by atomic mass is 16.5. The van der Waals surface area contributed by atoms with Crippen molar-refractivity contribution in [2.75, 3.05) is 0 Å². The maximum absolute atomic E-state index is 13.5. The summed E-state index contributed by atoms with van der Waals surface area (Å²) in [7, 11) is 0. The zero-order valence-corrected chi connectivity index (χ0v) is 20.5. The molecule has 0 spiro atoms. The van der Waals surface area contributed by atoms with Crippen molar-refractivity contribution in [2.45, 2.75) is 41.5 Å². The van der Waals surface area contributed by atoms with Gasteiger partial charge in [0.25, 0.3) is 0 Å². The van der Waals surface area contributed by atoms with Crippen molar-refractivity contribution >= 4 is 28.9 Å². The summed E-state index contributed by atoms with van der Waals surface area (Å²) in [5.41, 5.74) is 0.391. The van der Waals surface area contributed by atoms with Crippen molar-refractivity contribution in [3.8, 4) is 28.4 Å². The molecule has 0 aliphatic heterocycles. The highest BCUT2D eigenvalue weighted by Crippen LogP contribution is 2.32. The second-order valence-electron chi connectivity index (χ2n) is 9.02. The summed E-state index contributed by atoms with van der Waals surface area (Å²) >= 11 is 0. The molecule has 0 N–H and O–H groups in total. The van der Waals surface area contributed by atoms with Crippen LogP contribution in [-0.2, 0) is 14.4 Å². The number of carbonyl (C=O) groups is 3. The normalized spacial score (nSPS) is 11.2. The van der Waals surface area contributed by atoms with Gasteiger partial charge in [0, 0.05) is 12.1 Å². The molecule has 1 heterocycles. The van der Waals surface area contributed by atoms with E-state index in [1.807, 2.05) is 0 Å². The van der Waals surface area contributed by atoms with E-state index in [1.165, 1.54) is 18.4 Å². The number of hydrogen-bond donors (Lipinski definition) is 0. The minimum absolute atomic E-state index is 0.0381. The third kappa shape index (κ3) is 5.95. The van der Waals surface area contributed by atoms with E-state index in [0.29, 0.717) is 11.3 Å². The zero-order chi connectivity index (χ0) is 25.9. The third-order valence-corrected chi connectivity index (χ3v) is 5.04. The molecule has 0 saturated heterocycles. The monoisotopic (exact) mass is 480 g/mol. The van der Waals surface area contributed by atoms with E-state index in [2.05, 4.69) is 0 Å². The fourth-order valence-corrected chi connectivity index (χ4v) is 2.93. The van der Waals surface area contributed by atoms with Gasteiger partial charge in [-0.1, -0.05) is 53.7 Å². The van der Waals surface area contributed by atoms with Gasteiger partial charge in [-0.05, 0) is 17.7 Å². The highest BCUT2D eigenvalue weighted by molar-refractivity contribution is 5.91. The minimum Gasteiger partial charge on any atom is -0.463 e. The van der Waals surface area contributed by atoms with Gasteiger partial charge in [0.15, 0.2) is 0 Å². The molecule has 0 aliphatic rings. The summed E-state index contributed by atoms with van der Waals surface area (Å²) in [6.45, 7) is 10.2. The van der Waals surface area contributed by atoms with E-state index in [-0.39, 0.29) is 45.8 Å². The fraction of sp³-hybridized carbons (Fsp3) is 0.333. The van der Waals surface area contributed by atoms with Crippen LogP contribution in [0.5, 0.6) is 17.2 Å². The van der Waals surface area contributed by atoms with Gasteiger partial charge in [0.2, 0.25) is 5.43 Å². The maximum atomic E-state index is 13.5. The quantitative estimate of drug-likeness (QED) is 0.338. The molecule has 3 rings (SSSR count). The first-order valence-electron chi connectivity index (χ1n) is 11.3. The van der Waals surface area contributed by atoms with Crippen LogP contribution in [0.15, 0.2) is 51.9 Å². The van der Waals surface area contributed by atoms with Crippen molar-refractivity contribution in [1.82, 2.24) is 0 Å². The number of benzene rings is 2. The van der Waals surface area contributed by atoms with Crippen molar-refractivity contribution in [1.29, 1.82) is 0 Å². The molecule has 2 aromatic carbocycles. The number of carbonyl (C=O) groups excluding carboxylic acids is 3. The average Bonchev–Trinajstić information content (AvgIpc) is 2.79. The molecule has 0 atom stereocenters. The van der Waals surface area contributed by atoms with Gasteiger partial charge in [0.1, 0.15) is 34.5 Å². The average molecular weight is 481 g/mol. The molecular weight excluding hydrogens is 452 g/mol. The van der Waals surface area contributed by atoms with Gasteiger partial charge < -0.3 is 18.6 Å². The zero-order valence-electron chi connectivity index (χ0n) is 20.5. The first kappa shape index (κ1) is 25.7.